The maximum absolute atomic E-state index is 11.5. The highest BCUT2D eigenvalue weighted by Crippen LogP contribution is 2.33. The molecule has 13 N–H and O–H groups in total. The van der Waals surface area contributed by atoms with Crippen LogP contribution in [-0.2, 0) is 30.4 Å². The number of nitro groups is 1. The zero-order valence-electron chi connectivity index (χ0n) is 33.8. The second kappa shape index (κ2) is 21.2. The summed E-state index contributed by atoms with van der Waals surface area (Å²) in [6.07, 6.45) is 2.27. The van der Waals surface area contributed by atoms with Gasteiger partial charge >= 0.3 is 0 Å². The van der Waals surface area contributed by atoms with Crippen molar-refractivity contribution in [2.45, 2.75) is 21.6 Å². The van der Waals surface area contributed by atoms with Gasteiger partial charge in [0.05, 0.1) is 36.2 Å². The predicted molar refractivity (Wildman–Crippen MR) is 242 cm³/mol. The Balaban J connectivity index is 0.000000261. The van der Waals surface area contributed by atoms with Gasteiger partial charge in [-0.2, -0.15) is 25.3 Å². The van der Waals surface area contributed by atoms with E-state index in [-0.39, 0.29) is 27.4 Å². The number of non-ortho nitro benzene ring substituents is 1. The molecule has 0 heterocycles. The Morgan fingerprint density at radius 2 is 1.05 bits per heavy atom. The molecule has 6 rings (SSSR count). The van der Waals surface area contributed by atoms with Crippen molar-refractivity contribution in [2.75, 3.05) is 49.6 Å². The third-order valence-corrected chi connectivity index (χ3v) is 11.1. The standard InChI is InChI=1S/C17H16N2O3S.C14H12N2O8S2.C8H12N2O2.CH4O/c1-11-2-5-14(6-3-11)19-15-7-4-12-9-16(18)17(23(20,21)22)10-13(12)8-15;15-11-5-3-9(13(7-11)25(19,20)21)1-2-10-4-6-12(16(17)18)8-14(10)26(22,23)24;1-11-7-3-6(10)8(12-2)4-5(7)9;1-2/h2-10,19H,18H2,1H3,(H,20,21,22);1-8H,15H2,(H,19,20,21)(H,22,23,24);3-4H,9-10H2,1-2H3;2H,1H3. The summed E-state index contributed by atoms with van der Waals surface area (Å²) in [5.74, 6) is 1.13. The van der Waals surface area contributed by atoms with Gasteiger partial charge in [-0.1, -0.05) is 42.0 Å². The van der Waals surface area contributed by atoms with Crippen LogP contribution in [0, 0.1) is 17.0 Å². The average molecular weight is 929 g/mol. The Kier molecular flexibility index (Phi) is 16.9. The van der Waals surface area contributed by atoms with E-state index < -0.39 is 50.8 Å². The Hall–Kier alpha value is -6.99. The van der Waals surface area contributed by atoms with E-state index in [1.807, 2.05) is 49.4 Å². The van der Waals surface area contributed by atoms with Crippen LogP contribution in [0.2, 0.25) is 0 Å². The monoisotopic (exact) mass is 928 g/mol. The number of nitrogen functional groups attached to an aromatic ring is 4. The molecule has 0 bridgehead atoms. The van der Waals surface area contributed by atoms with Crippen molar-refractivity contribution >= 4 is 93.1 Å². The summed E-state index contributed by atoms with van der Waals surface area (Å²) < 4.78 is 106. The maximum atomic E-state index is 11.5. The Bertz CT molecular complexity index is 2950. The van der Waals surface area contributed by atoms with E-state index in [0.29, 0.717) is 34.3 Å². The first-order valence-corrected chi connectivity index (χ1v) is 21.9. The van der Waals surface area contributed by atoms with Crippen LogP contribution in [0.3, 0.4) is 0 Å². The highest BCUT2D eigenvalue weighted by molar-refractivity contribution is 7.86. The molecule has 0 aromatic heterocycles. The second-order valence-corrected chi connectivity index (χ2v) is 17.0. The number of nitrogens with one attached hydrogen (secondary N) is 1. The first kappa shape index (κ1) is 50.4. The fraction of sp³-hybridized carbons (Fsp3) is 0.100. The zero-order valence-corrected chi connectivity index (χ0v) is 36.3. The van der Waals surface area contributed by atoms with Crippen molar-refractivity contribution in [1.29, 1.82) is 0 Å². The fourth-order valence-electron chi connectivity index (χ4n) is 5.43. The van der Waals surface area contributed by atoms with Gasteiger partial charge in [0.25, 0.3) is 36.0 Å². The number of ether oxygens (including phenoxy) is 2. The average Bonchev–Trinajstić information content (AvgIpc) is 3.21. The summed E-state index contributed by atoms with van der Waals surface area (Å²) in [4.78, 5) is 8.41. The Labute approximate surface area is 362 Å². The molecule has 0 aliphatic carbocycles. The van der Waals surface area contributed by atoms with Crippen LogP contribution in [0.1, 0.15) is 16.7 Å². The number of benzene rings is 6. The van der Waals surface area contributed by atoms with Crippen LogP contribution in [0.15, 0.2) is 118 Å². The van der Waals surface area contributed by atoms with E-state index in [1.165, 1.54) is 44.0 Å². The molecule has 20 nitrogen and oxygen atoms in total. The van der Waals surface area contributed by atoms with E-state index >= 15 is 0 Å². The number of fused-ring (bicyclic) bond motifs is 1. The molecule has 63 heavy (non-hydrogen) atoms. The summed E-state index contributed by atoms with van der Waals surface area (Å²) in [6.45, 7) is 2.01. The number of aliphatic hydroxyl groups excluding tert-OH is 1. The summed E-state index contributed by atoms with van der Waals surface area (Å²) in [5.41, 5.74) is 25.8. The lowest BCUT2D eigenvalue weighted by Gasteiger charge is -2.10. The maximum Gasteiger partial charge on any atom is 0.296 e. The van der Waals surface area contributed by atoms with Gasteiger partial charge in [-0.05, 0) is 83.4 Å². The number of nitrogens with zero attached hydrogens (tertiary/aromatic N) is 1. The Morgan fingerprint density at radius 3 is 1.52 bits per heavy atom. The van der Waals surface area contributed by atoms with Crippen molar-refractivity contribution in [2.24, 2.45) is 0 Å². The SMILES string of the molecule is CO.COc1cc(N)c(OC)cc1N.Cc1ccc(Nc2ccc3cc(N)c(S(=O)(=O)O)cc3c2)cc1.Nc1ccc(C=Cc2ccc([N+](=O)[O-])cc2S(=O)(=O)O)c(S(=O)(=O)O)c1. The van der Waals surface area contributed by atoms with Crippen molar-refractivity contribution < 1.29 is 58.4 Å². The third kappa shape index (κ3) is 14.0. The molecular weight excluding hydrogens is 885 g/mol. The lowest BCUT2D eigenvalue weighted by Crippen LogP contribution is -2.03. The molecule has 6 aromatic rings. The van der Waals surface area contributed by atoms with Gasteiger partial charge in [0.1, 0.15) is 26.2 Å². The van der Waals surface area contributed by atoms with Crippen LogP contribution in [0.25, 0.3) is 22.9 Å². The van der Waals surface area contributed by atoms with Crippen LogP contribution >= 0.6 is 0 Å². The molecule has 0 radical (unpaired) electrons. The zero-order chi connectivity index (χ0) is 47.4. The summed E-state index contributed by atoms with van der Waals surface area (Å²) in [5, 5.41) is 22.5. The molecule has 0 amide bonds. The lowest BCUT2D eigenvalue weighted by atomic mass is 10.1. The largest absolute Gasteiger partial charge is 0.495 e. The number of hydrogen-bond donors (Lipinski definition) is 9. The number of methoxy groups -OCH3 is 2. The molecule has 0 unspecified atom stereocenters. The molecule has 23 heteroatoms. The normalized spacial score (nSPS) is 11.2. The first-order chi connectivity index (χ1) is 29.4. The van der Waals surface area contributed by atoms with E-state index in [2.05, 4.69) is 5.32 Å². The van der Waals surface area contributed by atoms with Crippen molar-refractivity contribution in [3.63, 3.8) is 0 Å². The van der Waals surface area contributed by atoms with Crippen molar-refractivity contribution in [3.05, 3.63) is 130 Å². The van der Waals surface area contributed by atoms with Gasteiger partial charge in [0, 0.05) is 48.4 Å². The smallest absolute Gasteiger partial charge is 0.296 e. The highest BCUT2D eigenvalue weighted by Gasteiger charge is 2.20. The molecule has 0 aliphatic heterocycles. The van der Waals surface area contributed by atoms with Gasteiger partial charge in [-0.25, -0.2) is 0 Å². The van der Waals surface area contributed by atoms with E-state index in [0.717, 1.165) is 54.2 Å². The molecule has 0 saturated heterocycles. The number of nitrogens with two attached hydrogens (primary N) is 4. The molecule has 0 saturated carbocycles. The minimum atomic E-state index is -4.78. The molecule has 0 aliphatic rings. The molecule has 336 valence electrons. The fourth-order valence-corrected chi connectivity index (χ4v) is 7.49. The van der Waals surface area contributed by atoms with E-state index in [4.69, 9.17) is 37.5 Å². The summed E-state index contributed by atoms with van der Waals surface area (Å²) >= 11 is 0. The number of aryl methyl sites for hydroxylation is 1. The van der Waals surface area contributed by atoms with Gasteiger partial charge in [0.15, 0.2) is 0 Å². The number of hydrogen-bond acceptors (Lipinski definition) is 16. The lowest BCUT2D eigenvalue weighted by molar-refractivity contribution is -0.385. The van der Waals surface area contributed by atoms with Crippen molar-refractivity contribution in [1.82, 2.24) is 0 Å². The van der Waals surface area contributed by atoms with Gasteiger partial charge in [0.2, 0.25) is 0 Å². The van der Waals surface area contributed by atoms with Crippen LogP contribution in [-0.4, -0.2) is 70.3 Å². The quantitative estimate of drug-likeness (QED) is 0.0248. The molecule has 0 atom stereocenters. The number of rotatable bonds is 10. The van der Waals surface area contributed by atoms with E-state index in [1.54, 1.807) is 12.1 Å². The minimum Gasteiger partial charge on any atom is -0.495 e. The van der Waals surface area contributed by atoms with E-state index in [9.17, 15) is 49.0 Å². The summed E-state index contributed by atoms with van der Waals surface area (Å²) in [6, 6.07) is 26.0. The molecular formula is C40H44N6O14S3. The van der Waals surface area contributed by atoms with Gasteiger partial charge in [-0.3, -0.25) is 23.8 Å². The molecule has 6 aromatic carbocycles. The highest BCUT2D eigenvalue weighted by atomic mass is 32.2. The first-order valence-electron chi connectivity index (χ1n) is 17.6. The number of aliphatic hydroxyl groups is 1. The Morgan fingerprint density at radius 1 is 0.571 bits per heavy atom. The topological polar surface area (TPSA) is 361 Å². The minimum absolute atomic E-state index is 0.0126. The number of nitro benzene ring substituents is 1. The van der Waals surface area contributed by atoms with Gasteiger partial charge < -0.3 is 42.8 Å². The van der Waals surface area contributed by atoms with Crippen LogP contribution in [0.5, 0.6) is 11.5 Å². The number of anilines is 6. The van der Waals surface area contributed by atoms with Crippen LogP contribution in [0.4, 0.5) is 39.8 Å². The third-order valence-electron chi connectivity index (χ3n) is 8.41. The summed E-state index contributed by atoms with van der Waals surface area (Å²) in [7, 11) is -9.66. The molecule has 0 spiro atoms. The van der Waals surface area contributed by atoms with Crippen LogP contribution < -0.4 is 37.7 Å². The van der Waals surface area contributed by atoms with Crippen molar-refractivity contribution in [3.8, 4) is 11.5 Å². The second-order valence-electron chi connectivity index (χ2n) is 12.8. The predicted octanol–water partition coefficient (Wildman–Crippen LogP) is 6.04. The molecule has 0 fully saturated rings. The van der Waals surface area contributed by atoms with Gasteiger partial charge in [-0.15, -0.1) is 0 Å².